The number of rotatable bonds is 3. The first-order chi connectivity index (χ1) is 7.58. The molecule has 1 aliphatic carbocycles. The van der Waals surface area contributed by atoms with Crippen molar-refractivity contribution in [1.29, 1.82) is 0 Å². The quantitative estimate of drug-likeness (QED) is 0.460. The average Bonchev–Trinajstić information content (AvgIpc) is 2.84. The molecule has 1 atom stereocenters. The molecule has 0 aromatic carbocycles. The molecule has 84 valence electrons. The fourth-order valence-electron chi connectivity index (χ4n) is 1.82. The van der Waals surface area contributed by atoms with Gasteiger partial charge in [-0.3, -0.25) is 19.7 Å². The normalized spacial score (nSPS) is 20.0. The lowest BCUT2D eigenvalue weighted by Gasteiger charge is -2.03. The third-order valence-corrected chi connectivity index (χ3v) is 3.55. The molecule has 1 unspecified atom stereocenters. The van der Waals surface area contributed by atoms with Crippen molar-refractivity contribution in [2.45, 2.75) is 19.3 Å². The summed E-state index contributed by atoms with van der Waals surface area (Å²) < 4.78 is 0. The van der Waals surface area contributed by atoms with E-state index in [1.54, 1.807) is 0 Å². The number of carbonyl (C=O) groups excluding carboxylic acids is 2. The zero-order valence-electron chi connectivity index (χ0n) is 8.34. The largest absolute Gasteiger partial charge is 0.324 e. The molecule has 16 heavy (non-hydrogen) atoms. The van der Waals surface area contributed by atoms with E-state index >= 15 is 0 Å². The van der Waals surface area contributed by atoms with Crippen molar-refractivity contribution >= 4 is 27.9 Å². The van der Waals surface area contributed by atoms with Crippen molar-refractivity contribution < 1.29 is 14.5 Å². The summed E-state index contributed by atoms with van der Waals surface area (Å²) in [6.45, 7) is 0. The summed E-state index contributed by atoms with van der Waals surface area (Å²) in [7, 11) is 0. The zero-order chi connectivity index (χ0) is 11.7. The first kappa shape index (κ1) is 10.9. The minimum atomic E-state index is -0.513. The summed E-state index contributed by atoms with van der Waals surface area (Å²) in [5.74, 6) is -0.319. The van der Waals surface area contributed by atoms with Crippen molar-refractivity contribution in [3.63, 3.8) is 0 Å². The Labute approximate surface area is 95.2 Å². The van der Waals surface area contributed by atoms with Crippen LogP contribution in [-0.4, -0.2) is 16.5 Å². The van der Waals surface area contributed by atoms with Gasteiger partial charge in [-0.05, 0) is 6.42 Å². The molecule has 0 radical (unpaired) electrons. The Bertz CT molecular complexity index is 465. The third-order valence-electron chi connectivity index (χ3n) is 2.67. The Morgan fingerprint density at radius 1 is 1.56 bits per heavy atom. The standard InChI is InChI=1S/C10H9NO4S/c12-8-2-1-6(3-8)10(13)7-4-9(11(14)15)16-5-7/h4-6H,1-3H2. The molecule has 1 aromatic rings. The van der Waals surface area contributed by atoms with E-state index in [1.807, 2.05) is 0 Å². The minimum absolute atomic E-state index is 0.0346. The van der Waals surface area contributed by atoms with Crippen LogP contribution in [0.15, 0.2) is 11.4 Å². The van der Waals surface area contributed by atoms with Gasteiger partial charge in [0, 0.05) is 35.8 Å². The van der Waals surface area contributed by atoms with Gasteiger partial charge in [0.15, 0.2) is 5.78 Å². The first-order valence-corrected chi connectivity index (χ1v) is 5.74. The van der Waals surface area contributed by atoms with Crippen molar-refractivity contribution in [3.8, 4) is 0 Å². The fraction of sp³-hybridized carbons (Fsp3) is 0.400. The molecule has 1 fully saturated rings. The van der Waals surface area contributed by atoms with Crippen LogP contribution in [0.1, 0.15) is 29.6 Å². The molecular weight excluding hydrogens is 230 g/mol. The summed E-state index contributed by atoms with van der Waals surface area (Å²) in [5, 5.41) is 11.9. The second-order valence-electron chi connectivity index (χ2n) is 3.77. The predicted octanol–water partition coefficient (Wildman–Crippen LogP) is 2.21. The van der Waals surface area contributed by atoms with Crippen LogP contribution in [-0.2, 0) is 4.79 Å². The van der Waals surface area contributed by atoms with Gasteiger partial charge in [0.25, 0.3) is 0 Å². The molecule has 1 aliphatic rings. The van der Waals surface area contributed by atoms with Crippen LogP contribution in [0.4, 0.5) is 5.00 Å². The number of carbonyl (C=O) groups is 2. The van der Waals surface area contributed by atoms with Gasteiger partial charge in [-0.2, -0.15) is 0 Å². The van der Waals surface area contributed by atoms with Crippen molar-refractivity contribution in [3.05, 3.63) is 27.1 Å². The summed E-state index contributed by atoms with van der Waals surface area (Å²) in [5.41, 5.74) is 0.358. The zero-order valence-corrected chi connectivity index (χ0v) is 9.16. The van der Waals surface area contributed by atoms with E-state index in [1.165, 1.54) is 11.4 Å². The highest BCUT2D eigenvalue weighted by molar-refractivity contribution is 7.13. The molecule has 0 aliphatic heterocycles. The Kier molecular flexibility index (Phi) is 2.82. The summed E-state index contributed by atoms with van der Waals surface area (Å²) in [6.07, 6.45) is 1.30. The van der Waals surface area contributed by atoms with Crippen LogP contribution >= 0.6 is 11.3 Å². The van der Waals surface area contributed by atoms with Gasteiger partial charge in [-0.25, -0.2) is 0 Å². The lowest BCUT2D eigenvalue weighted by molar-refractivity contribution is -0.380. The Hall–Kier alpha value is -1.56. The fourth-order valence-corrected chi connectivity index (χ4v) is 2.54. The van der Waals surface area contributed by atoms with Crippen LogP contribution in [0.2, 0.25) is 0 Å². The number of thiophene rings is 1. The van der Waals surface area contributed by atoms with E-state index in [9.17, 15) is 19.7 Å². The Morgan fingerprint density at radius 2 is 2.31 bits per heavy atom. The van der Waals surface area contributed by atoms with Crippen LogP contribution in [0.25, 0.3) is 0 Å². The second kappa shape index (κ2) is 4.13. The molecule has 1 heterocycles. The van der Waals surface area contributed by atoms with Gasteiger partial charge in [0.05, 0.1) is 4.92 Å². The molecule has 0 spiro atoms. The lowest BCUT2D eigenvalue weighted by atomic mass is 9.98. The molecule has 1 aromatic heterocycles. The van der Waals surface area contributed by atoms with Gasteiger partial charge >= 0.3 is 5.00 Å². The van der Waals surface area contributed by atoms with Crippen LogP contribution in [0.3, 0.4) is 0 Å². The monoisotopic (exact) mass is 239 g/mol. The number of nitro groups is 1. The smallest absolute Gasteiger partial charge is 0.300 e. The third kappa shape index (κ3) is 2.01. The number of Topliss-reactive ketones (excluding diaryl/α,β-unsaturated/α-hetero) is 2. The number of hydrogen-bond donors (Lipinski definition) is 0. The van der Waals surface area contributed by atoms with Gasteiger partial charge < -0.3 is 0 Å². The van der Waals surface area contributed by atoms with E-state index in [-0.39, 0.29) is 28.9 Å². The van der Waals surface area contributed by atoms with Gasteiger partial charge in [-0.1, -0.05) is 11.3 Å². The molecule has 0 saturated heterocycles. The van der Waals surface area contributed by atoms with Gasteiger partial charge in [0.1, 0.15) is 5.78 Å². The molecule has 0 bridgehead atoms. The van der Waals surface area contributed by atoms with E-state index in [2.05, 4.69) is 0 Å². The number of ketones is 2. The van der Waals surface area contributed by atoms with Crippen molar-refractivity contribution in [1.82, 2.24) is 0 Å². The molecule has 0 N–H and O–H groups in total. The van der Waals surface area contributed by atoms with E-state index in [0.717, 1.165) is 11.3 Å². The molecule has 5 nitrogen and oxygen atoms in total. The molecule has 2 rings (SSSR count). The Balaban J connectivity index is 2.14. The summed E-state index contributed by atoms with van der Waals surface area (Å²) in [6, 6.07) is 1.29. The highest BCUT2D eigenvalue weighted by Crippen LogP contribution is 2.29. The van der Waals surface area contributed by atoms with E-state index in [4.69, 9.17) is 0 Å². The van der Waals surface area contributed by atoms with E-state index in [0.29, 0.717) is 18.4 Å². The second-order valence-corrected chi connectivity index (χ2v) is 4.66. The van der Waals surface area contributed by atoms with E-state index < -0.39 is 4.92 Å². The van der Waals surface area contributed by atoms with Crippen LogP contribution < -0.4 is 0 Å². The topological polar surface area (TPSA) is 77.3 Å². The van der Waals surface area contributed by atoms with Crippen LogP contribution in [0, 0.1) is 16.0 Å². The van der Waals surface area contributed by atoms with Crippen molar-refractivity contribution in [2.24, 2.45) is 5.92 Å². The molecule has 0 amide bonds. The molecule has 6 heteroatoms. The Morgan fingerprint density at radius 3 is 2.81 bits per heavy atom. The number of hydrogen-bond acceptors (Lipinski definition) is 5. The maximum atomic E-state index is 11.9. The predicted molar refractivity (Wildman–Crippen MR) is 57.7 cm³/mol. The lowest BCUT2D eigenvalue weighted by Crippen LogP contribution is -2.10. The maximum absolute atomic E-state index is 11.9. The maximum Gasteiger partial charge on any atom is 0.324 e. The minimum Gasteiger partial charge on any atom is -0.300 e. The van der Waals surface area contributed by atoms with Crippen molar-refractivity contribution in [2.75, 3.05) is 0 Å². The highest BCUT2D eigenvalue weighted by Gasteiger charge is 2.30. The average molecular weight is 239 g/mol. The summed E-state index contributed by atoms with van der Waals surface area (Å²) in [4.78, 5) is 32.9. The van der Waals surface area contributed by atoms with Gasteiger partial charge in [-0.15, -0.1) is 0 Å². The highest BCUT2D eigenvalue weighted by atomic mass is 32.1. The SMILES string of the molecule is O=C1CCC(C(=O)c2csc([N+](=O)[O-])c2)C1. The molecule has 1 saturated carbocycles. The van der Waals surface area contributed by atoms with Gasteiger partial charge in [0.2, 0.25) is 0 Å². The summed E-state index contributed by atoms with van der Waals surface area (Å²) >= 11 is 0.941. The van der Waals surface area contributed by atoms with Crippen LogP contribution in [0.5, 0.6) is 0 Å². The molecular formula is C10H9NO4S. The first-order valence-electron chi connectivity index (χ1n) is 4.87. The number of nitrogens with zero attached hydrogens (tertiary/aromatic N) is 1.